The summed E-state index contributed by atoms with van der Waals surface area (Å²) < 4.78 is 0. The first-order chi connectivity index (χ1) is 9.99. The van der Waals surface area contributed by atoms with Crippen LogP contribution in [0.1, 0.15) is 78.1 Å². The highest BCUT2D eigenvalue weighted by molar-refractivity contribution is 5.79. The van der Waals surface area contributed by atoms with Gasteiger partial charge in [-0.05, 0) is 26.2 Å². The van der Waals surface area contributed by atoms with Crippen LogP contribution in [0.3, 0.4) is 0 Å². The molecule has 1 heterocycles. The minimum Gasteiger partial charge on any atom is -0.481 e. The average molecular weight is 297 g/mol. The second-order valence-electron chi connectivity index (χ2n) is 6.66. The van der Waals surface area contributed by atoms with Crippen molar-refractivity contribution in [2.45, 2.75) is 78.1 Å². The van der Waals surface area contributed by atoms with Gasteiger partial charge in [0.2, 0.25) is 5.91 Å². The lowest BCUT2D eigenvalue weighted by Crippen LogP contribution is -2.48. The fourth-order valence-corrected chi connectivity index (χ4v) is 3.02. The first-order valence-corrected chi connectivity index (χ1v) is 8.51. The lowest BCUT2D eigenvalue weighted by molar-refractivity contribution is -0.153. The zero-order chi connectivity index (χ0) is 15.7. The van der Waals surface area contributed by atoms with Crippen molar-refractivity contribution in [3.63, 3.8) is 0 Å². The minimum absolute atomic E-state index is 0.135. The molecule has 1 amide bonds. The summed E-state index contributed by atoms with van der Waals surface area (Å²) >= 11 is 0. The Hall–Kier alpha value is -1.06. The van der Waals surface area contributed by atoms with E-state index < -0.39 is 11.4 Å². The summed E-state index contributed by atoms with van der Waals surface area (Å²) in [6.07, 6.45) is 10.4. The lowest BCUT2D eigenvalue weighted by Gasteiger charge is -2.37. The standard InChI is InChI=1S/C17H31NO3/c1-3-4-5-6-7-8-9-11-15(19)18-13-10-12-17(2,14-18)16(20)21/h3-14H2,1-2H3,(H,20,21). The molecule has 1 N–H and O–H groups in total. The van der Waals surface area contributed by atoms with E-state index in [0.717, 1.165) is 25.8 Å². The molecule has 1 rings (SSSR count). The molecule has 1 aliphatic rings. The van der Waals surface area contributed by atoms with Crippen molar-refractivity contribution in [3.05, 3.63) is 0 Å². The fourth-order valence-electron chi connectivity index (χ4n) is 3.02. The minimum atomic E-state index is -0.782. The molecule has 21 heavy (non-hydrogen) atoms. The Balaban J connectivity index is 2.21. The number of rotatable bonds is 9. The van der Waals surface area contributed by atoms with E-state index in [2.05, 4.69) is 6.92 Å². The van der Waals surface area contributed by atoms with Crippen molar-refractivity contribution in [1.29, 1.82) is 0 Å². The van der Waals surface area contributed by atoms with Crippen molar-refractivity contribution < 1.29 is 14.7 Å². The van der Waals surface area contributed by atoms with Crippen LogP contribution < -0.4 is 0 Å². The van der Waals surface area contributed by atoms with Crippen LogP contribution >= 0.6 is 0 Å². The van der Waals surface area contributed by atoms with Crippen LogP contribution in [0.15, 0.2) is 0 Å². The number of carboxylic acids is 1. The summed E-state index contributed by atoms with van der Waals surface area (Å²) in [5, 5.41) is 9.28. The summed E-state index contributed by atoms with van der Waals surface area (Å²) in [6, 6.07) is 0. The van der Waals surface area contributed by atoms with E-state index in [0.29, 0.717) is 19.4 Å². The number of aliphatic carboxylic acids is 1. The summed E-state index contributed by atoms with van der Waals surface area (Å²) in [7, 11) is 0. The van der Waals surface area contributed by atoms with Crippen LogP contribution in [0.25, 0.3) is 0 Å². The van der Waals surface area contributed by atoms with Gasteiger partial charge in [-0.25, -0.2) is 0 Å². The number of piperidine rings is 1. The number of carboxylic acid groups (broad SMARTS) is 1. The van der Waals surface area contributed by atoms with Gasteiger partial charge in [0.15, 0.2) is 0 Å². The number of hydrogen-bond donors (Lipinski definition) is 1. The smallest absolute Gasteiger partial charge is 0.311 e. The quantitative estimate of drug-likeness (QED) is 0.658. The molecule has 1 fully saturated rings. The number of unbranched alkanes of at least 4 members (excludes halogenated alkanes) is 6. The van der Waals surface area contributed by atoms with Gasteiger partial charge in [-0.15, -0.1) is 0 Å². The number of amides is 1. The Kier molecular flexibility index (Phi) is 7.76. The monoisotopic (exact) mass is 297 g/mol. The number of nitrogens with zero attached hydrogens (tertiary/aromatic N) is 1. The van der Waals surface area contributed by atoms with E-state index in [1.54, 1.807) is 11.8 Å². The third-order valence-corrected chi connectivity index (χ3v) is 4.56. The Labute approximate surface area is 128 Å². The van der Waals surface area contributed by atoms with E-state index in [1.807, 2.05) is 0 Å². The zero-order valence-electron chi connectivity index (χ0n) is 13.7. The second kappa shape index (κ2) is 9.06. The van der Waals surface area contributed by atoms with Crippen molar-refractivity contribution in [1.82, 2.24) is 4.90 Å². The maximum absolute atomic E-state index is 12.2. The van der Waals surface area contributed by atoms with Gasteiger partial charge in [0.1, 0.15) is 0 Å². The summed E-state index contributed by atoms with van der Waals surface area (Å²) in [6.45, 7) is 5.06. The molecule has 1 atom stereocenters. The molecule has 0 radical (unpaired) electrons. The molecule has 0 bridgehead atoms. The van der Waals surface area contributed by atoms with E-state index in [4.69, 9.17) is 0 Å². The normalized spacial score (nSPS) is 22.3. The first-order valence-electron chi connectivity index (χ1n) is 8.51. The number of carbonyl (C=O) groups excluding carboxylic acids is 1. The first kappa shape index (κ1) is 18.0. The molecule has 0 aliphatic carbocycles. The topological polar surface area (TPSA) is 57.6 Å². The maximum atomic E-state index is 12.2. The number of carbonyl (C=O) groups is 2. The van der Waals surface area contributed by atoms with Crippen LogP contribution in [-0.2, 0) is 9.59 Å². The molecule has 0 aromatic carbocycles. The molecular formula is C17H31NO3. The second-order valence-corrected chi connectivity index (χ2v) is 6.66. The third kappa shape index (κ3) is 6.06. The van der Waals surface area contributed by atoms with Crippen molar-refractivity contribution in [2.75, 3.05) is 13.1 Å². The number of likely N-dealkylation sites (tertiary alicyclic amines) is 1. The molecule has 4 nitrogen and oxygen atoms in total. The average Bonchev–Trinajstić information content (AvgIpc) is 2.46. The Morgan fingerprint density at radius 2 is 1.71 bits per heavy atom. The van der Waals surface area contributed by atoms with E-state index in [1.165, 1.54) is 32.1 Å². The zero-order valence-corrected chi connectivity index (χ0v) is 13.7. The van der Waals surface area contributed by atoms with Crippen LogP contribution in [0.4, 0.5) is 0 Å². The van der Waals surface area contributed by atoms with Crippen LogP contribution in [-0.4, -0.2) is 35.0 Å². The Morgan fingerprint density at radius 1 is 1.10 bits per heavy atom. The molecule has 0 aromatic heterocycles. The number of hydrogen-bond acceptors (Lipinski definition) is 2. The van der Waals surface area contributed by atoms with E-state index in [-0.39, 0.29) is 5.91 Å². The molecule has 0 saturated carbocycles. The van der Waals surface area contributed by atoms with Gasteiger partial charge >= 0.3 is 5.97 Å². The SMILES string of the molecule is CCCCCCCCCC(=O)N1CCCC(C)(C(=O)O)C1. The van der Waals surface area contributed by atoms with E-state index >= 15 is 0 Å². The highest BCUT2D eigenvalue weighted by atomic mass is 16.4. The highest BCUT2D eigenvalue weighted by Crippen LogP contribution is 2.30. The molecule has 0 aromatic rings. The predicted octanol–water partition coefficient (Wildman–Crippen LogP) is 3.84. The van der Waals surface area contributed by atoms with Crippen molar-refractivity contribution in [2.24, 2.45) is 5.41 Å². The Bertz CT molecular complexity index is 343. The summed E-state index contributed by atoms with van der Waals surface area (Å²) in [5.41, 5.74) is -0.756. The molecule has 1 saturated heterocycles. The third-order valence-electron chi connectivity index (χ3n) is 4.56. The molecule has 1 aliphatic heterocycles. The fraction of sp³-hybridized carbons (Fsp3) is 0.882. The van der Waals surface area contributed by atoms with Gasteiger partial charge in [0.05, 0.1) is 5.41 Å². The largest absolute Gasteiger partial charge is 0.481 e. The molecule has 0 spiro atoms. The van der Waals surface area contributed by atoms with Gasteiger partial charge in [0.25, 0.3) is 0 Å². The van der Waals surface area contributed by atoms with Crippen LogP contribution in [0.2, 0.25) is 0 Å². The molecule has 122 valence electrons. The predicted molar refractivity (Wildman–Crippen MR) is 84.2 cm³/mol. The lowest BCUT2D eigenvalue weighted by atomic mass is 9.82. The molecule has 1 unspecified atom stereocenters. The Morgan fingerprint density at radius 3 is 2.33 bits per heavy atom. The van der Waals surface area contributed by atoms with Crippen molar-refractivity contribution >= 4 is 11.9 Å². The van der Waals surface area contributed by atoms with Gasteiger partial charge < -0.3 is 10.0 Å². The van der Waals surface area contributed by atoms with Crippen LogP contribution in [0, 0.1) is 5.41 Å². The molecular weight excluding hydrogens is 266 g/mol. The van der Waals surface area contributed by atoms with E-state index in [9.17, 15) is 14.7 Å². The summed E-state index contributed by atoms with van der Waals surface area (Å²) in [4.78, 5) is 25.2. The maximum Gasteiger partial charge on any atom is 0.311 e. The summed E-state index contributed by atoms with van der Waals surface area (Å²) in [5.74, 6) is -0.647. The van der Waals surface area contributed by atoms with Gasteiger partial charge in [-0.3, -0.25) is 9.59 Å². The van der Waals surface area contributed by atoms with Crippen molar-refractivity contribution in [3.8, 4) is 0 Å². The highest BCUT2D eigenvalue weighted by Gasteiger charge is 2.39. The van der Waals surface area contributed by atoms with Gasteiger partial charge in [0, 0.05) is 19.5 Å². The van der Waals surface area contributed by atoms with Gasteiger partial charge in [-0.2, -0.15) is 0 Å². The molecule has 4 heteroatoms. The van der Waals surface area contributed by atoms with Gasteiger partial charge in [-0.1, -0.05) is 45.4 Å². The van der Waals surface area contributed by atoms with Crippen LogP contribution in [0.5, 0.6) is 0 Å².